The summed E-state index contributed by atoms with van der Waals surface area (Å²) >= 11 is 0. The van der Waals surface area contributed by atoms with Crippen molar-refractivity contribution in [2.45, 2.75) is 51.6 Å². The number of benzene rings is 1. The van der Waals surface area contributed by atoms with Gasteiger partial charge in [-0.2, -0.15) is 0 Å². The molecule has 0 radical (unpaired) electrons. The zero-order chi connectivity index (χ0) is 13.5. The highest BCUT2D eigenvalue weighted by Crippen LogP contribution is 2.36. The lowest BCUT2D eigenvalue weighted by Crippen LogP contribution is -2.12. The summed E-state index contributed by atoms with van der Waals surface area (Å²) in [5.74, 6) is 1.76. The van der Waals surface area contributed by atoms with Crippen LogP contribution in [0.3, 0.4) is 0 Å². The lowest BCUT2D eigenvalue weighted by Gasteiger charge is -2.28. The Balaban J connectivity index is 1.86. The standard InChI is InChI=1S/C18H26O/c1-3-13-19-14-16-7-11-18(12-8-16)17-9-5-15(4-2)6-10-17/h3,7-8,11-12,15,17H,1,4-6,9-10,13-14H2,2H3. The van der Waals surface area contributed by atoms with Gasteiger partial charge in [0.15, 0.2) is 0 Å². The zero-order valence-corrected chi connectivity index (χ0v) is 12.1. The molecule has 0 bridgehead atoms. The summed E-state index contributed by atoms with van der Waals surface area (Å²) in [7, 11) is 0. The Morgan fingerprint density at radius 2 is 1.84 bits per heavy atom. The SMILES string of the molecule is C=CCOCc1ccc(C2CCC(CC)CC2)cc1. The topological polar surface area (TPSA) is 9.23 Å². The molecule has 1 saturated carbocycles. The number of hydrogen-bond donors (Lipinski definition) is 0. The summed E-state index contributed by atoms with van der Waals surface area (Å²) in [6.45, 7) is 7.29. The van der Waals surface area contributed by atoms with Gasteiger partial charge in [0.2, 0.25) is 0 Å². The van der Waals surface area contributed by atoms with Crippen LogP contribution in [0.4, 0.5) is 0 Å². The van der Waals surface area contributed by atoms with Gasteiger partial charge in [0.05, 0.1) is 13.2 Å². The Morgan fingerprint density at radius 1 is 1.16 bits per heavy atom. The van der Waals surface area contributed by atoms with Gasteiger partial charge in [0.25, 0.3) is 0 Å². The van der Waals surface area contributed by atoms with E-state index < -0.39 is 0 Å². The maximum Gasteiger partial charge on any atom is 0.0721 e. The first-order chi connectivity index (χ1) is 9.33. The van der Waals surface area contributed by atoms with Gasteiger partial charge in [-0.15, -0.1) is 6.58 Å². The second-order valence-corrected chi connectivity index (χ2v) is 5.67. The highest BCUT2D eigenvalue weighted by molar-refractivity contribution is 5.25. The van der Waals surface area contributed by atoms with Crippen LogP contribution in [0.2, 0.25) is 0 Å². The third kappa shape index (κ3) is 4.21. The molecule has 1 aromatic rings. The summed E-state index contributed by atoms with van der Waals surface area (Å²) in [6.07, 6.45) is 8.69. The molecular formula is C18H26O. The van der Waals surface area contributed by atoms with Crippen molar-refractivity contribution in [2.75, 3.05) is 6.61 Å². The molecule has 0 spiro atoms. The summed E-state index contributed by atoms with van der Waals surface area (Å²) in [6, 6.07) is 9.02. The van der Waals surface area contributed by atoms with Crippen molar-refractivity contribution in [3.63, 3.8) is 0 Å². The van der Waals surface area contributed by atoms with Crippen LogP contribution in [0.15, 0.2) is 36.9 Å². The minimum Gasteiger partial charge on any atom is -0.373 e. The molecule has 1 heteroatoms. The van der Waals surface area contributed by atoms with E-state index in [4.69, 9.17) is 4.74 Å². The highest BCUT2D eigenvalue weighted by atomic mass is 16.5. The molecule has 1 aromatic carbocycles. The Labute approximate surface area is 117 Å². The summed E-state index contributed by atoms with van der Waals surface area (Å²) in [5.41, 5.74) is 2.77. The van der Waals surface area contributed by atoms with Gasteiger partial charge in [-0.25, -0.2) is 0 Å². The Hall–Kier alpha value is -1.08. The van der Waals surface area contributed by atoms with Crippen molar-refractivity contribution < 1.29 is 4.74 Å². The summed E-state index contributed by atoms with van der Waals surface area (Å²) < 4.78 is 5.46. The minimum absolute atomic E-state index is 0.628. The number of hydrogen-bond acceptors (Lipinski definition) is 1. The highest BCUT2D eigenvalue weighted by Gasteiger charge is 2.20. The zero-order valence-electron chi connectivity index (χ0n) is 12.1. The van der Waals surface area contributed by atoms with Crippen molar-refractivity contribution in [3.8, 4) is 0 Å². The average Bonchev–Trinajstić information content (AvgIpc) is 2.48. The van der Waals surface area contributed by atoms with Crippen molar-refractivity contribution in [1.29, 1.82) is 0 Å². The van der Waals surface area contributed by atoms with Crippen molar-refractivity contribution in [3.05, 3.63) is 48.0 Å². The maximum absolute atomic E-state index is 5.46. The van der Waals surface area contributed by atoms with E-state index in [1.807, 2.05) is 0 Å². The van der Waals surface area contributed by atoms with Crippen molar-refractivity contribution in [2.24, 2.45) is 5.92 Å². The molecule has 0 aliphatic heterocycles. The Morgan fingerprint density at radius 3 is 2.42 bits per heavy atom. The quantitative estimate of drug-likeness (QED) is 0.511. The van der Waals surface area contributed by atoms with Gasteiger partial charge in [-0.05, 0) is 48.6 Å². The molecule has 19 heavy (non-hydrogen) atoms. The normalized spacial score (nSPS) is 23.2. The lowest BCUT2D eigenvalue weighted by atomic mass is 9.78. The fourth-order valence-corrected chi connectivity index (χ4v) is 3.05. The first-order valence-electron chi connectivity index (χ1n) is 7.61. The van der Waals surface area contributed by atoms with Crippen LogP contribution in [-0.4, -0.2) is 6.61 Å². The van der Waals surface area contributed by atoms with Crippen LogP contribution in [-0.2, 0) is 11.3 Å². The van der Waals surface area contributed by atoms with Gasteiger partial charge in [-0.1, -0.05) is 43.7 Å². The Kier molecular flexibility index (Phi) is 5.65. The number of rotatable bonds is 6. The molecule has 0 heterocycles. The molecule has 0 saturated heterocycles. The van der Waals surface area contributed by atoms with Crippen LogP contribution >= 0.6 is 0 Å². The van der Waals surface area contributed by atoms with Gasteiger partial charge in [-0.3, -0.25) is 0 Å². The van der Waals surface area contributed by atoms with Crippen LogP contribution in [0.25, 0.3) is 0 Å². The van der Waals surface area contributed by atoms with E-state index in [-0.39, 0.29) is 0 Å². The molecule has 0 N–H and O–H groups in total. The number of ether oxygens (including phenoxy) is 1. The summed E-state index contributed by atoms with van der Waals surface area (Å²) in [5, 5.41) is 0. The molecule has 0 aromatic heterocycles. The van der Waals surface area contributed by atoms with E-state index in [0.29, 0.717) is 13.2 Å². The predicted octanol–water partition coefficient (Wildman–Crippen LogP) is 5.07. The van der Waals surface area contributed by atoms with Crippen molar-refractivity contribution in [1.82, 2.24) is 0 Å². The van der Waals surface area contributed by atoms with Gasteiger partial charge < -0.3 is 4.74 Å². The lowest BCUT2D eigenvalue weighted by molar-refractivity contribution is 0.149. The molecule has 1 fully saturated rings. The van der Waals surface area contributed by atoms with Crippen LogP contribution in [0.5, 0.6) is 0 Å². The molecule has 0 unspecified atom stereocenters. The van der Waals surface area contributed by atoms with Crippen LogP contribution in [0, 0.1) is 5.92 Å². The van der Waals surface area contributed by atoms with E-state index in [0.717, 1.165) is 11.8 Å². The van der Waals surface area contributed by atoms with Crippen LogP contribution < -0.4 is 0 Å². The minimum atomic E-state index is 0.628. The van der Waals surface area contributed by atoms with Gasteiger partial charge >= 0.3 is 0 Å². The average molecular weight is 258 g/mol. The van der Waals surface area contributed by atoms with Gasteiger partial charge in [0, 0.05) is 0 Å². The van der Waals surface area contributed by atoms with Crippen molar-refractivity contribution >= 4 is 0 Å². The molecular weight excluding hydrogens is 232 g/mol. The molecule has 104 valence electrons. The molecule has 1 nitrogen and oxygen atoms in total. The molecule has 2 rings (SSSR count). The van der Waals surface area contributed by atoms with E-state index >= 15 is 0 Å². The van der Waals surface area contributed by atoms with E-state index in [2.05, 4.69) is 37.8 Å². The monoisotopic (exact) mass is 258 g/mol. The Bertz CT molecular complexity index is 371. The molecule has 0 amide bonds. The molecule has 1 aliphatic rings. The second-order valence-electron chi connectivity index (χ2n) is 5.67. The molecule has 0 atom stereocenters. The van der Waals surface area contributed by atoms with E-state index in [9.17, 15) is 0 Å². The fraction of sp³-hybridized carbons (Fsp3) is 0.556. The van der Waals surface area contributed by atoms with E-state index in [1.54, 1.807) is 6.08 Å². The predicted molar refractivity (Wildman–Crippen MR) is 81.3 cm³/mol. The third-order valence-electron chi connectivity index (χ3n) is 4.38. The fourth-order valence-electron chi connectivity index (χ4n) is 3.05. The summed E-state index contributed by atoms with van der Waals surface area (Å²) in [4.78, 5) is 0. The second kappa shape index (κ2) is 7.49. The van der Waals surface area contributed by atoms with Crippen LogP contribution in [0.1, 0.15) is 56.1 Å². The first kappa shape index (κ1) is 14.3. The third-order valence-corrected chi connectivity index (χ3v) is 4.38. The molecule has 1 aliphatic carbocycles. The first-order valence-corrected chi connectivity index (χ1v) is 7.61. The van der Waals surface area contributed by atoms with E-state index in [1.165, 1.54) is 43.2 Å². The smallest absolute Gasteiger partial charge is 0.0721 e. The maximum atomic E-state index is 5.46. The van der Waals surface area contributed by atoms with Gasteiger partial charge in [0.1, 0.15) is 0 Å². The largest absolute Gasteiger partial charge is 0.373 e.